The largest absolute Gasteiger partial charge is 0.327 e. The van der Waals surface area contributed by atoms with Crippen molar-refractivity contribution in [2.24, 2.45) is 11.7 Å². The number of hydrogen-bond acceptors (Lipinski definition) is 2. The van der Waals surface area contributed by atoms with Crippen LogP contribution in [0.5, 0.6) is 0 Å². The Morgan fingerprint density at radius 3 is 2.35 bits per heavy atom. The number of fused-ring (bicyclic) bond motifs is 1. The first kappa shape index (κ1) is 11.8. The van der Waals surface area contributed by atoms with E-state index < -0.39 is 0 Å². The van der Waals surface area contributed by atoms with Crippen molar-refractivity contribution in [1.29, 1.82) is 0 Å². The number of hydrogen-bond donors (Lipinski definition) is 1. The normalized spacial score (nSPS) is 14.5. The Balaban J connectivity index is 2.40. The van der Waals surface area contributed by atoms with Gasteiger partial charge in [-0.1, -0.05) is 43.3 Å². The van der Waals surface area contributed by atoms with Gasteiger partial charge in [-0.25, -0.2) is 0 Å². The van der Waals surface area contributed by atoms with Gasteiger partial charge in [-0.15, -0.1) is 0 Å². The summed E-state index contributed by atoms with van der Waals surface area (Å²) in [5.41, 5.74) is 6.51. The average molecular weight is 227 g/mol. The molecule has 0 fully saturated rings. The van der Waals surface area contributed by atoms with Crippen LogP contribution in [-0.4, -0.2) is 11.8 Å². The van der Waals surface area contributed by atoms with E-state index in [9.17, 15) is 4.79 Å². The monoisotopic (exact) mass is 227 g/mol. The standard InChI is InChI=1S/C15H17NO/c1-10(11(2)16)15(17)14-8-7-12-5-3-4-6-13(12)9-14/h3-11H,16H2,1-2H3. The summed E-state index contributed by atoms with van der Waals surface area (Å²) in [5.74, 6) is -0.0260. The fourth-order valence-electron chi connectivity index (χ4n) is 1.84. The van der Waals surface area contributed by atoms with E-state index in [1.165, 1.54) is 0 Å². The molecule has 2 atom stereocenters. The Morgan fingerprint density at radius 2 is 1.71 bits per heavy atom. The molecule has 2 rings (SSSR count). The van der Waals surface area contributed by atoms with Crippen LogP contribution in [-0.2, 0) is 0 Å². The second-order valence-electron chi connectivity index (χ2n) is 4.57. The van der Waals surface area contributed by atoms with Crippen LogP contribution in [0.15, 0.2) is 42.5 Å². The molecule has 0 aliphatic heterocycles. The van der Waals surface area contributed by atoms with Gasteiger partial charge in [0.15, 0.2) is 5.78 Å². The van der Waals surface area contributed by atoms with E-state index in [0.717, 1.165) is 16.3 Å². The van der Waals surface area contributed by atoms with Gasteiger partial charge in [-0.05, 0) is 23.8 Å². The zero-order valence-electron chi connectivity index (χ0n) is 10.2. The molecule has 0 radical (unpaired) electrons. The number of rotatable bonds is 3. The first-order valence-corrected chi connectivity index (χ1v) is 5.88. The summed E-state index contributed by atoms with van der Waals surface area (Å²) >= 11 is 0. The molecule has 88 valence electrons. The van der Waals surface area contributed by atoms with Gasteiger partial charge < -0.3 is 5.73 Å². The summed E-state index contributed by atoms with van der Waals surface area (Å²) in [6, 6.07) is 13.7. The van der Waals surface area contributed by atoms with E-state index >= 15 is 0 Å². The van der Waals surface area contributed by atoms with Gasteiger partial charge in [0.25, 0.3) is 0 Å². The molecule has 2 nitrogen and oxygen atoms in total. The number of carbonyl (C=O) groups is 1. The first-order chi connectivity index (χ1) is 8.09. The van der Waals surface area contributed by atoms with Crippen molar-refractivity contribution < 1.29 is 4.79 Å². The van der Waals surface area contributed by atoms with Gasteiger partial charge in [-0.3, -0.25) is 4.79 Å². The molecule has 2 aromatic rings. The Bertz CT molecular complexity index is 545. The molecule has 17 heavy (non-hydrogen) atoms. The average Bonchev–Trinajstić information content (AvgIpc) is 2.36. The van der Waals surface area contributed by atoms with Crippen molar-refractivity contribution in [3.8, 4) is 0 Å². The Hall–Kier alpha value is -1.67. The van der Waals surface area contributed by atoms with Crippen LogP contribution in [0.1, 0.15) is 24.2 Å². The summed E-state index contributed by atoms with van der Waals surface area (Å²) in [6.07, 6.45) is 0. The molecule has 0 saturated heterocycles. The van der Waals surface area contributed by atoms with Crippen LogP contribution >= 0.6 is 0 Å². The Labute approximate surface area is 101 Å². The van der Waals surface area contributed by atoms with E-state index in [1.807, 2.05) is 56.3 Å². The predicted octanol–water partition coefficient (Wildman–Crippen LogP) is 3.01. The lowest BCUT2D eigenvalue weighted by Gasteiger charge is -2.14. The fourth-order valence-corrected chi connectivity index (χ4v) is 1.84. The zero-order valence-corrected chi connectivity index (χ0v) is 10.2. The summed E-state index contributed by atoms with van der Waals surface area (Å²) < 4.78 is 0. The second kappa shape index (κ2) is 4.68. The van der Waals surface area contributed by atoms with Crippen molar-refractivity contribution in [2.75, 3.05) is 0 Å². The van der Waals surface area contributed by atoms with Gasteiger partial charge in [0.2, 0.25) is 0 Å². The number of ketones is 1. The lowest BCUT2D eigenvalue weighted by molar-refractivity contribution is 0.0917. The highest BCUT2D eigenvalue weighted by Gasteiger charge is 2.18. The third-order valence-corrected chi connectivity index (χ3v) is 3.24. The molecule has 2 aromatic carbocycles. The van der Waals surface area contributed by atoms with Crippen LogP contribution in [0.4, 0.5) is 0 Å². The van der Waals surface area contributed by atoms with Crippen LogP contribution in [0, 0.1) is 5.92 Å². The lowest BCUT2D eigenvalue weighted by Crippen LogP contribution is -2.30. The number of nitrogens with two attached hydrogens (primary N) is 1. The third-order valence-electron chi connectivity index (χ3n) is 3.24. The molecular formula is C15H17NO. The minimum Gasteiger partial charge on any atom is -0.327 e. The highest BCUT2D eigenvalue weighted by molar-refractivity contribution is 6.01. The number of Topliss-reactive ketones (excluding diaryl/α,β-unsaturated/α-hetero) is 1. The summed E-state index contributed by atoms with van der Waals surface area (Å²) in [5, 5.41) is 2.24. The molecular weight excluding hydrogens is 210 g/mol. The quantitative estimate of drug-likeness (QED) is 0.819. The maximum absolute atomic E-state index is 12.1. The fraction of sp³-hybridized carbons (Fsp3) is 0.267. The predicted molar refractivity (Wildman–Crippen MR) is 71.1 cm³/mol. The van der Waals surface area contributed by atoms with Gasteiger partial charge in [-0.2, -0.15) is 0 Å². The Kier molecular flexibility index (Phi) is 3.25. The molecule has 2 N–H and O–H groups in total. The Morgan fingerprint density at radius 1 is 1.06 bits per heavy atom. The van der Waals surface area contributed by atoms with Crippen LogP contribution in [0.2, 0.25) is 0 Å². The third kappa shape index (κ3) is 2.37. The molecule has 2 unspecified atom stereocenters. The summed E-state index contributed by atoms with van der Waals surface area (Å²) in [7, 11) is 0. The van der Waals surface area contributed by atoms with Gasteiger partial charge in [0, 0.05) is 17.5 Å². The lowest BCUT2D eigenvalue weighted by atomic mass is 9.93. The van der Waals surface area contributed by atoms with Crippen LogP contribution in [0.3, 0.4) is 0 Å². The molecule has 0 aliphatic carbocycles. The first-order valence-electron chi connectivity index (χ1n) is 5.88. The highest BCUT2D eigenvalue weighted by atomic mass is 16.1. The smallest absolute Gasteiger partial charge is 0.167 e. The van der Waals surface area contributed by atoms with Crippen LogP contribution < -0.4 is 5.73 Å². The number of carbonyl (C=O) groups excluding carboxylic acids is 1. The van der Waals surface area contributed by atoms with Gasteiger partial charge in [0.05, 0.1) is 0 Å². The van der Waals surface area contributed by atoms with E-state index in [0.29, 0.717) is 0 Å². The minimum absolute atomic E-state index is 0.116. The second-order valence-corrected chi connectivity index (χ2v) is 4.57. The summed E-state index contributed by atoms with van der Waals surface area (Å²) in [6.45, 7) is 3.74. The molecule has 0 spiro atoms. The molecule has 0 heterocycles. The molecule has 0 amide bonds. The van der Waals surface area contributed by atoms with Gasteiger partial charge >= 0.3 is 0 Å². The number of benzene rings is 2. The topological polar surface area (TPSA) is 43.1 Å². The minimum atomic E-state index is -0.142. The van der Waals surface area contributed by atoms with E-state index in [4.69, 9.17) is 5.73 Å². The van der Waals surface area contributed by atoms with Crippen molar-refractivity contribution >= 4 is 16.6 Å². The maximum atomic E-state index is 12.1. The van der Waals surface area contributed by atoms with E-state index in [1.54, 1.807) is 0 Å². The van der Waals surface area contributed by atoms with Crippen molar-refractivity contribution in [1.82, 2.24) is 0 Å². The molecule has 0 aromatic heterocycles. The molecule has 0 bridgehead atoms. The summed E-state index contributed by atoms with van der Waals surface area (Å²) in [4.78, 5) is 12.1. The van der Waals surface area contributed by atoms with Gasteiger partial charge in [0.1, 0.15) is 0 Å². The van der Waals surface area contributed by atoms with Crippen molar-refractivity contribution in [2.45, 2.75) is 19.9 Å². The van der Waals surface area contributed by atoms with Crippen molar-refractivity contribution in [3.05, 3.63) is 48.0 Å². The van der Waals surface area contributed by atoms with Crippen LogP contribution in [0.25, 0.3) is 10.8 Å². The van der Waals surface area contributed by atoms with E-state index in [2.05, 4.69) is 0 Å². The van der Waals surface area contributed by atoms with Crippen molar-refractivity contribution in [3.63, 3.8) is 0 Å². The SMILES string of the molecule is CC(N)C(C)C(=O)c1ccc2ccccc2c1. The molecule has 0 aliphatic rings. The van der Waals surface area contributed by atoms with E-state index in [-0.39, 0.29) is 17.7 Å². The molecule has 2 heteroatoms. The highest BCUT2D eigenvalue weighted by Crippen LogP contribution is 2.18. The zero-order chi connectivity index (χ0) is 12.4. The maximum Gasteiger partial charge on any atom is 0.167 e. The molecule has 0 saturated carbocycles.